The van der Waals surface area contributed by atoms with Crippen LogP contribution in [0, 0.1) is 5.82 Å². The number of benzene rings is 2. The van der Waals surface area contributed by atoms with Gasteiger partial charge in [0.1, 0.15) is 11.6 Å². The summed E-state index contributed by atoms with van der Waals surface area (Å²) < 4.78 is 18.8. The Labute approximate surface area is 135 Å². The largest absolute Gasteiger partial charge is 0.473 e. The second-order valence-electron chi connectivity index (χ2n) is 5.13. The van der Waals surface area contributed by atoms with Gasteiger partial charge in [0.05, 0.1) is 0 Å². The zero-order valence-electron chi connectivity index (χ0n) is 13.1. The number of carbonyl (C=O) groups is 1. The number of hydrogen-bond acceptors (Lipinski definition) is 2. The van der Waals surface area contributed by atoms with Crippen LogP contribution in [-0.2, 0) is 13.0 Å². The lowest BCUT2D eigenvalue weighted by Crippen LogP contribution is -2.37. The first-order valence-corrected chi connectivity index (χ1v) is 7.66. The quantitative estimate of drug-likeness (QED) is 0.767. The van der Waals surface area contributed by atoms with E-state index in [0.717, 1.165) is 12.8 Å². The van der Waals surface area contributed by atoms with E-state index in [1.807, 2.05) is 24.3 Å². The SMILES string of the molecule is CCCc1ccc(OCNC(=O)NCc2ccccc2F)cc1. The van der Waals surface area contributed by atoms with E-state index in [4.69, 9.17) is 4.74 Å². The van der Waals surface area contributed by atoms with Gasteiger partial charge < -0.3 is 15.4 Å². The summed E-state index contributed by atoms with van der Waals surface area (Å²) in [6, 6.07) is 13.7. The normalized spacial score (nSPS) is 10.2. The van der Waals surface area contributed by atoms with Gasteiger partial charge >= 0.3 is 6.03 Å². The highest BCUT2D eigenvalue weighted by atomic mass is 19.1. The van der Waals surface area contributed by atoms with Gasteiger partial charge in [-0.15, -0.1) is 0 Å². The van der Waals surface area contributed by atoms with E-state index < -0.39 is 6.03 Å². The monoisotopic (exact) mass is 316 g/mol. The number of aryl methyl sites for hydroxylation is 1. The van der Waals surface area contributed by atoms with Crippen molar-refractivity contribution in [3.8, 4) is 5.75 Å². The molecule has 0 aliphatic carbocycles. The second kappa shape index (κ2) is 8.78. The number of rotatable bonds is 7. The van der Waals surface area contributed by atoms with E-state index in [1.54, 1.807) is 18.2 Å². The molecule has 0 radical (unpaired) electrons. The van der Waals surface area contributed by atoms with Crippen molar-refractivity contribution in [2.24, 2.45) is 0 Å². The first kappa shape index (κ1) is 16.8. The third-order valence-corrected chi connectivity index (χ3v) is 3.33. The summed E-state index contributed by atoms with van der Waals surface area (Å²) in [6.45, 7) is 2.31. The van der Waals surface area contributed by atoms with E-state index in [2.05, 4.69) is 17.6 Å². The lowest BCUT2D eigenvalue weighted by atomic mass is 10.1. The Balaban J connectivity index is 1.69. The minimum atomic E-state index is -0.407. The molecule has 0 saturated carbocycles. The Kier molecular flexibility index (Phi) is 6.41. The molecule has 2 rings (SSSR count). The maximum absolute atomic E-state index is 13.4. The van der Waals surface area contributed by atoms with Crippen LogP contribution in [0.25, 0.3) is 0 Å². The highest BCUT2D eigenvalue weighted by Crippen LogP contribution is 2.12. The Hall–Kier alpha value is -2.56. The molecule has 0 unspecified atom stereocenters. The Bertz CT molecular complexity index is 629. The van der Waals surface area contributed by atoms with Crippen LogP contribution in [0.3, 0.4) is 0 Å². The number of nitrogens with one attached hydrogen (secondary N) is 2. The molecule has 23 heavy (non-hydrogen) atoms. The highest BCUT2D eigenvalue weighted by Gasteiger charge is 2.04. The number of amides is 2. The molecule has 4 nitrogen and oxygen atoms in total. The molecule has 2 aromatic carbocycles. The molecule has 2 aromatic rings. The summed E-state index contributed by atoms with van der Waals surface area (Å²) in [6.07, 6.45) is 2.14. The second-order valence-corrected chi connectivity index (χ2v) is 5.13. The molecule has 122 valence electrons. The number of ether oxygens (including phenoxy) is 1. The fraction of sp³-hybridized carbons (Fsp3) is 0.278. The van der Waals surface area contributed by atoms with Crippen molar-refractivity contribution in [3.05, 3.63) is 65.5 Å². The van der Waals surface area contributed by atoms with Gasteiger partial charge in [0.15, 0.2) is 6.73 Å². The van der Waals surface area contributed by atoms with E-state index in [-0.39, 0.29) is 19.1 Å². The molecule has 0 aromatic heterocycles. The average molecular weight is 316 g/mol. The molecular weight excluding hydrogens is 295 g/mol. The van der Waals surface area contributed by atoms with Crippen molar-refractivity contribution < 1.29 is 13.9 Å². The predicted octanol–water partition coefficient (Wildman–Crippen LogP) is 3.61. The predicted molar refractivity (Wildman–Crippen MR) is 87.7 cm³/mol. The van der Waals surface area contributed by atoms with Gasteiger partial charge in [-0.05, 0) is 30.2 Å². The van der Waals surface area contributed by atoms with Crippen molar-refractivity contribution >= 4 is 6.03 Å². The molecule has 0 atom stereocenters. The zero-order chi connectivity index (χ0) is 16.5. The minimum absolute atomic E-state index is 0.0518. The molecule has 5 heteroatoms. The Morgan fingerprint density at radius 3 is 2.52 bits per heavy atom. The van der Waals surface area contributed by atoms with Crippen LogP contribution < -0.4 is 15.4 Å². The lowest BCUT2D eigenvalue weighted by Gasteiger charge is -2.10. The van der Waals surface area contributed by atoms with Gasteiger partial charge in [0.2, 0.25) is 0 Å². The van der Waals surface area contributed by atoms with Crippen LogP contribution in [0.15, 0.2) is 48.5 Å². The van der Waals surface area contributed by atoms with E-state index in [0.29, 0.717) is 11.3 Å². The molecule has 2 amide bonds. The van der Waals surface area contributed by atoms with Crippen molar-refractivity contribution in [2.75, 3.05) is 6.73 Å². The number of urea groups is 1. The van der Waals surface area contributed by atoms with Gasteiger partial charge in [0.25, 0.3) is 0 Å². The summed E-state index contributed by atoms with van der Waals surface area (Å²) in [5.41, 5.74) is 1.70. The molecule has 0 saturated heterocycles. The van der Waals surface area contributed by atoms with Crippen LogP contribution in [0.2, 0.25) is 0 Å². The van der Waals surface area contributed by atoms with Gasteiger partial charge in [-0.2, -0.15) is 0 Å². The van der Waals surface area contributed by atoms with E-state index in [1.165, 1.54) is 11.6 Å². The molecule has 0 fully saturated rings. The Morgan fingerprint density at radius 2 is 1.83 bits per heavy atom. The van der Waals surface area contributed by atoms with Gasteiger partial charge in [0, 0.05) is 12.1 Å². The van der Waals surface area contributed by atoms with Crippen LogP contribution in [-0.4, -0.2) is 12.8 Å². The van der Waals surface area contributed by atoms with Crippen molar-refractivity contribution in [3.63, 3.8) is 0 Å². The number of halogens is 1. The van der Waals surface area contributed by atoms with Crippen molar-refractivity contribution in [1.29, 1.82) is 0 Å². The molecular formula is C18H21FN2O2. The average Bonchev–Trinajstić information content (AvgIpc) is 2.56. The topological polar surface area (TPSA) is 50.4 Å². The fourth-order valence-corrected chi connectivity index (χ4v) is 2.11. The van der Waals surface area contributed by atoms with Crippen molar-refractivity contribution in [1.82, 2.24) is 10.6 Å². The standard InChI is InChI=1S/C18H21FN2O2/c1-2-5-14-8-10-16(11-9-14)23-13-21-18(22)20-12-15-6-3-4-7-17(15)19/h3-4,6-11H,2,5,12-13H2,1H3,(H2,20,21,22). The van der Waals surface area contributed by atoms with Crippen LogP contribution >= 0.6 is 0 Å². The minimum Gasteiger partial charge on any atom is -0.473 e. The van der Waals surface area contributed by atoms with Gasteiger partial charge in [-0.3, -0.25) is 0 Å². The van der Waals surface area contributed by atoms with E-state index >= 15 is 0 Å². The zero-order valence-corrected chi connectivity index (χ0v) is 13.1. The number of hydrogen-bond donors (Lipinski definition) is 2. The highest BCUT2D eigenvalue weighted by molar-refractivity contribution is 5.73. The molecule has 0 bridgehead atoms. The molecule has 0 aliphatic heterocycles. The van der Waals surface area contributed by atoms with Gasteiger partial charge in [-0.25, -0.2) is 9.18 Å². The van der Waals surface area contributed by atoms with Gasteiger partial charge in [-0.1, -0.05) is 43.7 Å². The lowest BCUT2D eigenvalue weighted by molar-refractivity contribution is 0.223. The summed E-state index contributed by atoms with van der Waals surface area (Å²) in [7, 11) is 0. The maximum atomic E-state index is 13.4. The third-order valence-electron chi connectivity index (χ3n) is 3.33. The smallest absolute Gasteiger partial charge is 0.317 e. The molecule has 0 heterocycles. The summed E-state index contributed by atoms with van der Waals surface area (Å²) in [4.78, 5) is 11.6. The summed E-state index contributed by atoms with van der Waals surface area (Å²) in [5, 5.41) is 5.15. The first-order chi connectivity index (χ1) is 11.2. The molecule has 0 spiro atoms. The first-order valence-electron chi connectivity index (χ1n) is 7.66. The molecule has 0 aliphatic rings. The van der Waals surface area contributed by atoms with E-state index in [9.17, 15) is 9.18 Å². The van der Waals surface area contributed by atoms with Crippen LogP contribution in [0.4, 0.5) is 9.18 Å². The summed E-state index contributed by atoms with van der Waals surface area (Å²) in [5.74, 6) is 0.357. The number of carbonyl (C=O) groups excluding carboxylic acids is 1. The fourth-order valence-electron chi connectivity index (χ4n) is 2.11. The maximum Gasteiger partial charge on any atom is 0.317 e. The third kappa shape index (κ3) is 5.62. The van der Waals surface area contributed by atoms with Crippen LogP contribution in [0.5, 0.6) is 5.75 Å². The van der Waals surface area contributed by atoms with Crippen molar-refractivity contribution in [2.45, 2.75) is 26.3 Å². The van der Waals surface area contributed by atoms with Crippen LogP contribution in [0.1, 0.15) is 24.5 Å². The molecule has 2 N–H and O–H groups in total. The summed E-state index contributed by atoms with van der Waals surface area (Å²) >= 11 is 0. The Morgan fingerprint density at radius 1 is 1.09 bits per heavy atom.